The van der Waals surface area contributed by atoms with Gasteiger partial charge in [0.15, 0.2) is 0 Å². The molecule has 12 aromatic rings. The van der Waals surface area contributed by atoms with Gasteiger partial charge in [0.1, 0.15) is 11.6 Å². The molecule has 0 unspecified atom stereocenters. The largest absolute Gasteiger partial charge is 0.307 e. The Hall–Kier alpha value is -7.99. The van der Waals surface area contributed by atoms with Crippen LogP contribution < -0.4 is 30.5 Å². The molecular weight excluding hydrogens is 1090 g/mol. The number of halogens is 2. The Morgan fingerprint density at radius 2 is 0.548 bits per heavy atom. The van der Waals surface area contributed by atoms with Gasteiger partial charge in [0.2, 0.25) is 0 Å². The van der Waals surface area contributed by atoms with Gasteiger partial charge in [-0.05, 0) is 127 Å². The van der Waals surface area contributed by atoms with Crippen molar-refractivity contribution in [1.82, 2.24) is 0 Å². The number of anilines is 6. The van der Waals surface area contributed by atoms with Crippen molar-refractivity contribution in [2.75, 3.05) is 9.80 Å². The minimum absolute atomic E-state index is 0.313. The lowest BCUT2D eigenvalue weighted by Gasteiger charge is -2.30. The van der Waals surface area contributed by atoms with E-state index in [0.29, 0.717) is 11.4 Å². The summed E-state index contributed by atoms with van der Waals surface area (Å²) in [7, 11) is -6.92. The maximum absolute atomic E-state index is 18.1. The molecule has 0 saturated carbocycles. The van der Waals surface area contributed by atoms with Crippen molar-refractivity contribution in [3.8, 4) is 44.5 Å². The van der Waals surface area contributed by atoms with Crippen LogP contribution >= 0.6 is 0 Å². The minimum Gasteiger partial charge on any atom is -0.307 e. The molecule has 8 heteroatoms. The van der Waals surface area contributed by atoms with Crippen LogP contribution in [0.4, 0.5) is 42.9 Å². The van der Waals surface area contributed by atoms with Crippen molar-refractivity contribution in [2.45, 2.75) is 78.6 Å². The minimum atomic E-state index is -1.74. The summed E-state index contributed by atoms with van der Waals surface area (Å²) in [4.78, 5) is 4.23. The van der Waals surface area contributed by atoms with Gasteiger partial charge in [-0.3, -0.25) is 0 Å². The molecule has 0 atom stereocenters. The van der Waals surface area contributed by atoms with Gasteiger partial charge in [-0.2, -0.15) is 0 Å². The lowest BCUT2D eigenvalue weighted by Crippen LogP contribution is -2.37. The molecule has 0 heterocycles. The summed E-state index contributed by atoms with van der Waals surface area (Å²) in [6.45, 7) is 28.4. The summed E-state index contributed by atoms with van der Waals surface area (Å²) in [6, 6.07) is 81.1. The monoisotopic (exact) mass is 1160 g/mol. The van der Waals surface area contributed by atoms with E-state index in [-0.39, 0.29) is 11.6 Å². The highest BCUT2D eigenvalue weighted by Gasteiger charge is 2.29. The molecule has 2 nitrogen and oxygen atoms in total. The van der Waals surface area contributed by atoms with Crippen molar-refractivity contribution >= 4 is 119 Å². The van der Waals surface area contributed by atoms with E-state index in [2.05, 4.69) is 270 Å². The standard InChI is InChI=1S/C76H74F2N2Si4/c1-81(2,3)59-31-19-23-53(43-59)65-47-69(77)73(49-67(65)55-25-21-33-61(45-55)83(7,8)9)79(57-27-15-13-16-28-57)71-41-37-51-36-40-64-72(42-38-52-35-39-63(71)75(51)76(52)64)80(58-29-17-14-18-30-58)74-50-68(56-26-22-34-62(46-56)84(10,11)12)66(48-70(74)78)54-24-20-32-60(44-54)82(4,5)6/h13-50H,1-12H3. The van der Waals surface area contributed by atoms with E-state index in [9.17, 15) is 0 Å². The smallest absolute Gasteiger partial charge is 0.147 e. The molecule has 0 aliphatic carbocycles. The average molecular weight is 1170 g/mol. The Morgan fingerprint density at radius 3 is 0.845 bits per heavy atom. The van der Waals surface area contributed by atoms with Crippen molar-refractivity contribution in [3.05, 3.63) is 242 Å². The number of hydrogen-bond acceptors (Lipinski definition) is 2. The van der Waals surface area contributed by atoms with Crippen LogP contribution in [0.5, 0.6) is 0 Å². The van der Waals surface area contributed by atoms with Gasteiger partial charge in [0, 0.05) is 22.1 Å². The van der Waals surface area contributed by atoms with Crippen LogP contribution in [0, 0.1) is 11.6 Å². The first-order chi connectivity index (χ1) is 40.0. The Labute approximate surface area is 500 Å². The summed E-state index contributed by atoms with van der Waals surface area (Å²) < 4.78 is 36.2. The molecule has 0 spiro atoms. The number of benzene rings is 12. The Bertz CT molecular complexity index is 4170. The van der Waals surface area contributed by atoms with E-state index in [1.807, 2.05) is 36.4 Å². The molecule has 0 amide bonds. The SMILES string of the molecule is C[Si](C)(C)c1cccc(-c2cc(F)c(N(c3ccccc3)c3ccc4ccc5c(N(c6ccccc6)c6cc(-c7cccc([Si](C)(C)C)c7)c(-c7cccc([Si](C)(C)C)c7)cc6F)ccc6ccc3c4c65)cc2-c2cccc([Si](C)(C)C)c2)c1. The molecule has 0 aliphatic heterocycles. The highest BCUT2D eigenvalue weighted by Crippen LogP contribution is 2.50. The molecule has 0 aliphatic rings. The van der Waals surface area contributed by atoms with Crippen LogP contribution in [0.3, 0.4) is 0 Å². The van der Waals surface area contributed by atoms with E-state index in [1.165, 1.54) is 20.7 Å². The summed E-state index contributed by atoms with van der Waals surface area (Å²) in [5.41, 5.74) is 12.2. The van der Waals surface area contributed by atoms with Crippen LogP contribution in [-0.2, 0) is 0 Å². The van der Waals surface area contributed by atoms with E-state index in [1.54, 1.807) is 12.1 Å². The maximum Gasteiger partial charge on any atom is 0.147 e. The Kier molecular flexibility index (Phi) is 14.5. The first kappa shape index (κ1) is 56.5. The molecule has 0 N–H and O–H groups in total. The van der Waals surface area contributed by atoms with Gasteiger partial charge < -0.3 is 9.80 Å². The summed E-state index contributed by atoms with van der Waals surface area (Å²) in [5.74, 6) is -0.626. The lowest BCUT2D eigenvalue weighted by atomic mass is 9.90. The quantitative estimate of drug-likeness (QED) is 0.0791. The molecule has 12 aromatic carbocycles. The molecule has 0 bridgehead atoms. The predicted octanol–water partition coefficient (Wildman–Crippen LogP) is 20.7. The van der Waals surface area contributed by atoms with Crippen LogP contribution in [0.2, 0.25) is 78.6 Å². The zero-order chi connectivity index (χ0) is 59.0. The van der Waals surface area contributed by atoms with E-state index < -0.39 is 32.3 Å². The molecule has 418 valence electrons. The van der Waals surface area contributed by atoms with Gasteiger partial charge in [0.25, 0.3) is 0 Å². The molecule has 0 aromatic heterocycles. The van der Waals surface area contributed by atoms with Crippen molar-refractivity contribution < 1.29 is 8.78 Å². The van der Waals surface area contributed by atoms with Gasteiger partial charge in [-0.15, -0.1) is 0 Å². The first-order valence-corrected chi connectivity index (χ1v) is 43.5. The third-order valence-electron chi connectivity index (χ3n) is 16.9. The van der Waals surface area contributed by atoms with Crippen LogP contribution in [-0.4, -0.2) is 32.3 Å². The third kappa shape index (κ3) is 10.7. The zero-order valence-electron chi connectivity index (χ0n) is 50.6. The number of para-hydroxylation sites is 2. The molecule has 0 fully saturated rings. The molecule has 0 saturated heterocycles. The summed E-state index contributed by atoms with van der Waals surface area (Å²) in [5, 5.41) is 11.6. The van der Waals surface area contributed by atoms with Crippen molar-refractivity contribution in [2.24, 2.45) is 0 Å². The Morgan fingerprint density at radius 1 is 0.262 bits per heavy atom. The summed E-state index contributed by atoms with van der Waals surface area (Å²) in [6.07, 6.45) is 0. The normalized spacial score (nSPS) is 12.4. The topological polar surface area (TPSA) is 6.48 Å². The second-order valence-corrected chi connectivity index (χ2v) is 47.3. The number of nitrogens with zero attached hydrogens (tertiary/aromatic N) is 2. The zero-order valence-corrected chi connectivity index (χ0v) is 54.6. The Balaban J connectivity index is 1.09. The van der Waals surface area contributed by atoms with Crippen LogP contribution in [0.25, 0.3) is 76.8 Å². The fourth-order valence-corrected chi connectivity index (χ4v) is 16.9. The number of rotatable bonds is 14. The second kappa shape index (κ2) is 21.6. The van der Waals surface area contributed by atoms with E-state index in [0.717, 1.165) is 99.6 Å². The van der Waals surface area contributed by atoms with Crippen molar-refractivity contribution in [1.29, 1.82) is 0 Å². The van der Waals surface area contributed by atoms with Gasteiger partial charge >= 0.3 is 0 Å². The van der Waals surface area contributed by atoms with Crippen molar-refractivity contribution in [3.63, 3.8) is 0 Å². The fourth-order valence-electron chi connectivity index (χ4n) is 12.2. The highest BCUT2D eigenvalue weighted by molar-refractivity contribution is 6.90. The van der Waals surface area contributed by atoms with E-state index in [4.69, 9.17) is 0 Å². The number of hydrogen-bond donors (Lipinski definition) is 0. The molecule has 84 heavy (non-hydrogen) atoms. The van der Waals surface area contributed by atoms with Gasteiger partial charge in [0.05, 0.1) is 55.0 Å². The summed E-state index contributed by atoms with van der Waals surface area (Å²) >= 11 is 0. The molecular formula is C76H74F2N2Si4. The van der Waals surface area contributed by atoms with E-state index >= 15 is 8.78 Å². The molecule has 0 radical (unpaired) electrons. The highest BCUT2D eigenvalue weighted by atomic mass is 28.3. The predicted molar refractivity (Wildman–Crippen MR) is 373 cm³/mol. The second-order valence-electron chi connectivity index (χ2n) is 27.0. The third-order valence-corrected chi connectivity index (χ3v) is 25.1. The fraction of sp³-hybridized carbons (Fsp3) is 0.158. The molecule has 12 rings (SSSR count). The van der Waals surface area contributed by atoms with Gasteiger partial charge in [-0.25, -0.2) is 8.78 Å². The maximum atomic E-state index is 18.1. The van der Waals surface area contributed by atoms with Gasteiger partial charge in [-0.1, -0.05) is 269 Å². The van der Waals surface area contributed by atoms with Crippen LogP contribution in [0.15, 0.2) is 231 Å². The average Bonchev–Trinajstić information content (AvgIpc) is 1.10. The van der Waals surface area contributed by atoms with Crippen LogP contribution in [0.1, 0.15) is 0 Å². The lowest BCUT2D eigenvalue weighted by molar-refractivity contribution is 0.629. The first-order valence-electron chi connectivity index (χ1n) is 29.5.